The minimum atomic E-state index is 0.672. The maximum absolute atomic E-state index is 6.06. The second-order valence-electron chi connectivity index (χ2n) is 5.30. The molecule has 0 saturated carbocycles. The first-order valence-electron chi connectivity index (χ1n) is 7.66. The van der Waals surface area contributed by atoms with Crippen LogP contribution in [0.25, 0.3) is 0 Å². The highest BCUT2D eigenvalue weighted by molar-refractivity contribution is 9.10. The van der Waals surface area contributed by atoms with E-state index in [1.54, 1.807) is 14.2 Å². The van der Waals surface area contributed by atoms with Crippen LogP contribution in [0.2, 0.25) is 5.02 Å². The number of rotatable bonds is 5. The van der Waals surface area contributed by atoms with Crippen LogP contribution in [0.5, 0.6) is 11.5 Å². The van der Waals surface area contributed by atoms with E-state index in [9.17, 15) is 0 Å². The Balaban J connectivity index is 2.18. The van der Waals surface area contributed by atoms with Gasteiger partial charge in [0.25, 0.3) is 0 Å². The van der Waals surface area contributed by atoms with Gasteiger partial charge < -0.3 is 14.4 Å². The molecule has 3 aromatic rings. The van der Waals surface area contributed by atoms with Crippen LogP contribution in [0.4, 0.5) is 17.1 Å². The second-order valence-corrected chi connectivity index (χ2v) is 6.59. The maximum atomic E-state index is 6.06. The summed E-state index contributed by atoms with van der Waals surface area (Å²) in [6.07, 6.45) is 0. The van der Waals surface area contributed by atoms with Crippen molar-refractivity contribution in [2.24, 2.45) is 0 Å². The van der Waals surface area contributed by atoms with Crippen LogP contribution in [0.3, 0.4) is 0 Å². The van der Waals surface area contributed by atoms with Crippen LogP contribution >= 0.6 is 27.5 Å². The molecule has 128 valence electrons. The van der Waals surface area contributed by atoms with Crippen LogP contribution in [-0.2, 0) is 0 Å². The lowest BCUT2D eigenvalue weighted by atomic mass is 10.2. The Morgan fingerprint density at radius 2 is 1.44 bits per heavy atom. The van der Waals surface area contributed by atoms with Crippen molar-refractivity contribution in [3.05, 3.63) is 76.2 Å². The molecule has 0 saturated heterocycles. The van der Waals surface area contributed by atoms with E-state index in [1.165, 1.54) is 0 Å². The monoisotopic (exact) mass is 417 g/mol. The number of benzene rings is 3. The quantitative estimate of drug-likeness (QED) is 0.466. The summed E-state index contributed by atoms with van der Waals surface area (Å²) in [4.78, 5) is 2.13. The molecule has 5 heteroatoms. The van der Waals surface area contributed by atoms with E-state index >= 15 is 0 Å². The molecule has 3 aromatic carbocycles. The largest absolute Gasteiger partial charge is 0.493 e. The van der Waals surface area contributed by atoms with Crippen molar-refractivity contribution in [3.8, 4) is 11.5 Å². The van der Waals surface area contributed by atoms with Gasteiger partial charge in [0.15, 0.2) is 11.5 Å². The van der Waals surface area contributed by atoms with E-state index in [1.807, 2.05) is 60.7 Å². The number of ether oxygens (including phenoxy) is 2. The van der Waals surface area contributed by atoms with E-state index in [0.717, 1.165) is 21.5 Å². The zero-order chi connectivity index (χ0) is 17.8. The molecule has 0 radical (unpaired) electrons. The first kappa shape index (κ1) is 17.6. The minimum absolute atomic E-state index is 0.672. The summed E-state index contributed by atoms with van der Waals surface area (Å²) in [7, 11) is 3.26. The Hall–Kier alpha value is -2.17. The van der Waals surface area contributed by atoms with Crippen molar-refractivity contribution < 1.29 is 9.47 Å². The van der Waals surface area contributed by atoms with Crippen molar-refractivity contribution in [2.45, 2.75) is 0 Å². The predicted molar refractivity (Wildman–Crippen MR) is 107 cm³/mol. The van der Waals surface area contributed by atoms with Crippen molar-refractivity contribution in [3.63, 3.8) is 0 Å². The van der Waals surface area contributed by atoms with Gasteiger partial charge in [0.1, 0.15) is 0 Å². The molecule has 0 N–H and O–H groups in total. The molecule has 25 heavy (non-hydrogen) atoms. The highest BCUT2D eigenvalue weighted by atomic mass is 79.9. The molecule has 0 aliphatic heterocycles. The third kappa shape index (κ3) is 3.75. The predicted octanol–water partition coefficient (Wildman–Crippen LogP) is 6.59. The Labute approximate surface area is 160 Å². The SMILES string of the molecule is COc1ccc(N(c2ccc(Cl)cc2)c2ccccc2Br)cc1OC. The fourth-order valence-electron chi connectivity index (χ4n) is 2.61. The molecular weight excluding hydrogens is 402 g/mol. The molecule has 0 aliphatic carbocycles. The zero-order valence-corrected chi connectivity index (χ0v) is 16.2. The van der Waals surface area contributed by atoms with Crippen LogP contribution in [0.15, 0.2) is 71.2 Å². The average molecular weight is 419 g/mol. The second kappa shape index (κ2) is 7.81. The number of hydrogen-bond donors (Lipinski definition) is 0. The van der Waals surface area contributed by atoms with E-state index in [0.29, 0.717) is 16.5 Å². The molecule has 3 rings (SSSR count). The van der Waals surface area contributed by atoms with Crippen molar-refractivity contribution in [1.29, 1.82) is 0 Å². The van der Waals surface area contributed by atoms with Gasteiger partial charge in [-0.2, -0.15) is 0 Å². The number of para-hydroxylation sites is 1. The summed E-state index contributed by atoms with van der Waals surface area (Å²) in [6, 6.07) is 21.6. The zero-order valence-electron chi connectivity index (χ0n) is 13.9. The Morgan fingerprint density at radius 3 is 2.08 bits per heavy atom. The van der Waals surface area contributed by atoms with Gasteiger partial charge in [-0.1, -0.05) is 23.7 Å². The first-order valence-corrected chi connectivity index (χ1v) is 8.83. The van der Waals surface area contributed by atoms with Crippen molar-refractivity contribution >= 4 is 44.6 Å². The van der Waals surface area contributed by atoms with Crippen LogP contribution in [0, 0.1) is 0 Å². The Bertz CT molecular complexity index is 868. The molecular formula is C20H17BrClNO2. The topological polar surface area (TPSA) is 21.7 Å². The van der Waals surface area contributed by atoms with Gasteiger partial charge in [-0.15, -0.1) is 0 Å². The number of nitrogens with zero attached hydrogens (tertiary/aromatic N) is 1. The van der Waals surface area contributed by atoms with Crippen LogP contribution in [-0.4, -0.2) is 14.2 Å². The maximum Gasteiger partial charge on any atom is 0.162 e. The number of hydrogen-bond acceptors (Lipinski definition) is 3. The summed E-state index contributed by atoms with van der Waals surface area (Å²) < 4.78 is 11.8. The Kier molecular flexibility index (Phi) is 5.51. The molecule has 0 atom stereocenters. The molecule has 0 fully saturated rings. The average Bonchev–Trinajstić information content (AvgIpc) is 2.65. The minimum Gasteiger partial charge on any atom is -0.493 e. The van der Waals surface area contributed by atoms with Crippen LogP contribution in [0.1, 0.15) is 0 Å². The molecule has 0 unspecified atom stereocenters. The van der Waals surface area contributed by atoms with E-state index in [-0.39, 0.29) is 0 Å². The van der Waals surface area contributed by atoms with Gasteiger partial charge in [-0.3, -0.25) is 0 Å². The van der Waals surface area contributed by atoms with Gasteiger partial charge >= 0.3 is 0 Å². The number of halogens is 2. The lowest BCUT2D eigenvalue weighted by Gasteiger charge is -2.27. The molecule has 0 aliphatic rings. The molecule has 0 heterocycles. The van der Waals surface area contributed by atoms with Gasteiger partial charge in [0.05, 0.1) is 25.6 Å². The van der Waals surface area contributed by atoms with E-state index in [2.05, 4.69) is 26.9 Å². The molecule has 0 bridgehead atoms. The fourth-order valence-corrected chi connectivity index (χ4v) is 3.20. The standard InChI is InChI=1S/C20H17BrClNO2/c1-24-19-12-11-16(13-20(19)25-2)23(15-9-7-14(22)8-10-15)18-6-4-3-5-17(18)21/h3-13H,1-2H3. The number of methoxy groups -OCH3 is 2. The smallest absolute Gasteiger partial charge is 0.162 e. The van der Waals surface area contributed by atoms with Gasteiger partial charge in [0, 0.05) is 21.2 Å². The first-order chi connectivity index (χ1) is 12.1. The highest BCUT2D eigenvalue weighted by Crippen LogP contribution is 2.41. The Morgan fingerprint density at radius 1 is 0.800 bits per heavy atom. The van der Waals surface area contributed by atoms with Gasteiger partial charge in [0.2, 0.25) is 0 Å². The normalized spacial score (nSPS) is 10.4. The summed E-state index contributed by atoms with van der Waals surface area (Å²) in [5, 5.41) is 0.697. The van der Waals surface area contributed by atoms with Gasteiger partial charge in [-0.05, 0) is 64.5 Å². The summed E-state index contributed by atoms with van der Waals surface area (Å²) in [6.45, 7) is 0. The summed E-state index contributed by atoms with van der Waals surface area (Å²) in [5.74, 6) is 1.36. The molecule has 3 nitrogen and oxygen atoms in total. The third-order valence-electron chi connectivity index (χ3n) is 3.80. The summed E-state index contributed by atoms with van der Waals surface area (Å²) >= 11 is 9.71. The lowest BCUT2D eigenvalue weighted by Crippen LogP contribution is -2.10. The molecule has 0 aromatic heterocycles. The molecule has 0 amide bonds. The van der Waals surface area contributed by atoms with E-state index < -0.39 is 0 Å². The van der Waals surface area contributed by atoms with Gasteiger partial charge in [-0.25, -0.2) is 0 Å². The van der Waals surface area contributed by atoms with E-state index in [4.69, 9.17) is 21.1 Å². The molecule has 0 spiro atoms. The lowest BCUT2D eigenvalue weighted by molar-refractivity contribution is 0.355. The number of anilines is 3. The van der Waals surface area contributed by atoms with Crippen molar-refractivity contribution in [1.82, 2.24) is 0 Å². The third-order valence-corrected chi connectivity index (χ3v) is 4.73. The summed E-state index contributed by atoms with van der Waals surface area (Å²) in [5.41, 5.74) is 2.95. The highest BCUT2D eigenvalue weighted by Gasteiger charge is 2.17. The van der Waals surface area contributed by atoms with Crippen LogP contribution < -0.4 is 14.4 Å². The fraction of sp³-hybridized carbons (Fsp3) is 0.100. The van der Waals surface area contributed by atoms with Crippen molar-refractivity contribution in [2.75, 3.05) is 19.1 Å².